The number of ether oxygens (including phenoxy) is 1. The van der Waals surface area contributed by atoms with Crippen LogP contribution in [0.5, 0.6) is 5.75 Å². The van der Waals surface area contributed by atoms with E-state index in [4.69, 9.17) is 4.74 Å². The van der Waals surface area contributed by atoms with Crippen molar-refractivity contribution >= 4 is 22.8 Å². The van der Waals surface area contributed by atoms with Gasteiger partial charge in [0.15, 0.2) is 6.10 Å². The van der Waals surface area contributed by atoms with Crippen LogP contribution in [0.2, 0.25) is 0 Å². The summed E-state index contributed by atoms with van der Waals surface area (Å²) in [7, 11) is 0. The molecule has 0 radical (unpaired) electrons. The van der Waals surface area contributed by atoms with Gasteiger partial charge in [0.1, 0.15) is 11.6 Å². The number of aromatic nitrogens is 2. The van der Waals surface area contributed by atoms with E-state index < -0.39 is 23.7 Å². The number of H-pyrrole nitrogens is 1. The fourth-order valence-electron chi connectivity index (χ4n) is 2.14. The summed E-state index contributed by atoms with van der Waals surface area (Å²) in [5.74, 6) is -1.06. The topological polar surface area (TPSA) is 96.1 Å². The summed E-state index contributed by atoms with van der Waals surface area (Å²) < 4.78 is 18.2. The number of nitrogens with zero attached hydrogens (tertiary/aromatic N) is 1. The maximum atomic E-state index is 12.8. The number of hydrogen-bond acceptors (Lipinski definition) is 4. The monoisotopic (exact) mass is 342 g/mol. The third-order valence-corrected chi connectivity index (χ3v) is 3.48. The van der Waals surface area contributed by atoms with Gasteiger partial charge >= 0.3 is 0 Å². The highest BCUT2D eigenvalue weighted by Gasteiger charge is 2.16. The van der Waals surface area contributed by atoms with Gasteiger partial charge in [0.2, 0.25) is 0 Å². The van der Waals surface area contributed by atoms with Crippen molar-refractivity contribution in [1.82, 2.24) is 20.8 Å². The zero-order valence-corrected chi connectivity index (χ0v) is 13.2. The Bertz CT molecular complexity index is 908. The predicted octanol–water partition coefficient (Wildman–Crippen LogP) is 1.93. The maximum Gasteiger partial charge on any atom is 0.279 e. The van der Waals surface area contributed by atoms with Gasteiger partial charge in [-0.3, -0.25) is 20.4 Å². The molecule has 0 fully saturated rings. The molecule has 7 nitrogen and oxygen atoms in total. The Hall–Kier alpha value is -3.42. The highest BCUT2D eigenvalue weighted by atomic mass is 19.1. The second-order valence-electron chi connectivity index (χ2n) is 5.29. The molecule has 2 aromatic carbocycles. The number of rotatable bonds is 4. The SMILES string of the molecule is CC(Oc1ccc(F)cc1)C(=O)NNC(=O)c1ccc2nc[nH]c2c1. The van der Waals surface area contributed by atoms with E-state index in [-0.39, 0.29) is 0 Å². The Kier molecular flexibility index (Phi) is 4.60. The number of halogens is 1. The van der Waals surface area contributed by atoms with E-state index in [0.717, 1.165) is 5.52 Å². The summed E-state index contributed by atoms with van der Waals surface area (Å²) in [5.41, 5.74) is 6.43. The molecule has 0 saturated carbocycles. The van der Waals surface area contributed by atoms with E-state index in [1.807, 2.05) is 0 Å². The second kappa shape index (κ2) is 7.00. The lowest BCUT2D eigenvalue weighted by atomic mass is 10.2. The van der Waals surface area contributed by atoms with Gasteiger partial charge < -0.3 is 9.72 Å². The Balaban J connectivity index is 1.55. The number of imidazole rings is 1. The Labute approximate surface area is 142 Å². The van der Waals surface area contributed by atoms with Gasteiger partial charge in [-0.2, -0.15) is 0 Å². The molecule has 8 heteroatoms. The van der Waals surface area contributed by atoms with E-state index in [1.54, 1.807) is 18.2 Å². The third-order valence-electron chi connectivity index (χ3n) is 3.48. The zero-order valence-electron chi connectivity index (χ0n) is 13.2. The number of aromatic amines is 1. The van der Waals surface area contributed by atoms with Crippen molar-refractivity contribution < 1.29 is 18.7 Å². The molecule has 128 valence electrons. The lowest BCUT2D eigenvalue weighted by Crippen LogP contribution is -2.47. The van der Waals surface area contributed by atoms with Crippen LogP contribution in [0.3, 0.4) is 0 Å². The van der Waals surface area contributed by atoms with Gasteiger partial charge in [-0.1, -0.05) is 0 Å². The molecular weight excluding hydrogens is 327 g/mol. The molecule has 0 bridgehead atoms. The van der Waals surface area contributed by atoms with Crippen LogP contribution in [0.15, 0.2) is 48.8 Å². The first-order chi connectivity index (χ1) is 12.0. The van der Waals surface area contributed by atoms with Gasteiger partial charge in [0, 0.05) is 5.56 Å². The fraction of sp³-hybridized carbons (Fsp3) is 0.118. The van der Waals surface area contributed by atoms with Crippen molar-refractivity contribution in [1.29, 1.82) is 0 Å². The number of hydrogen-bond donors (Lipinski definition) is 3. The number of carbonyl (C=O) groups excluding carboxylic acids is 2. The Morgan fingerprint density at radius 3 is 2.68 bits per heavy atom. The van der Waals surface area contributed by atoms with Crippen LogP contribution in [0, 0.1) is 5.82 Å². The van der Waals surface area contributed by atoms with Crippen molar-refractivity contribution in [3.8, 4) is 5.75 Å². The van der Waals surface area contributed by atoms with Crippen molar-refractivity contribution in [2.45, 2.75) is 13.0 Å². The summed E-state index contributed by atoms with van der Waals surface area (Å²) in [5, 5.41) is 0. The molecule has 0 saturated heterocycles. The minimum atomic E-state index is -0.874. The average molecular weight is 342 g/mol. The molecule has 0 aliphatic heterocycles. The highest BCUT2D eigenvalue weighted by molar-refractivity contribution is 5.98. The number of amides is 2. The van der Waals surface area contributed by atoms with Crippen LogP contribution < -0.4 is 15.6 Å². The standard InChI is InChI=1S/C17H15FN4O3/c1-10(25-13-5-3-12(18)4-6-13)16(23)21-22-17(24)11-2-7-14-15(8-11)20-9-19-14/h2-10H,1H3,(H,19,20)(H,21,23)(H,22,24). The third kappa shape index (κ3) is 3.92. The molecule has 1 unspecified atom stereocenters. The van der Waals surface area contributed by atoms with E-state index in [1.165, 1.54) is 37.5 Å². The number of nitrogens with one attached hydrogen (secondary N) is 3. The minimum absolute atomic E-state index is 0.347. The Morgan fingerprint density at radius 2 is 1.92 bits per heavy atom. The van der Waals surface area contributed by atoms with E-state index in [0.29, 0.717) is 16.8 Å². The smallest absolute Gasteiger partial charge is 0.279 e. The molecule has 1 aromatic heterocycles. The molecule has 25 heavy (non-hydrogen) atoms. The highest BCUT2D eigenvalue weighted by Crippen LogP contribution is 2.13. The van der Waals surface area contributed by atoms with E-state index in [9.17, 15) is 14.0 Å². The van der Waals surface area contributed by atoms with Crippen LogP contribution >= 0.6 is 0 Å². The van der Waals surface area contributed by atoms with Gasteiger partial charge in [-0.15, -0.1) is 0 Å². The average Bonchev–Trinajstić information content (AvgIpc) is 3.08. The minimum Gasteiger partial charge on any atom is -0.481 e. The van der Waals surface area contributed by atoms with Crippen LogP contribution in [0.4, 0.5) is 4.39 Å². The zero-order chi connectivity index (χ0) is 17.8. The summed E-state index contributed by atoms with van der Waals surface area (Å²) >= 11 is 0. The van der Waals surface area contributed by atoms with Gasteiger partial charge in [0.05, 0.1) is 17.4 Å². The van der Waals surface area contributed by atoms with Gasteiger partial charge in [-0.25, -0.2) is 9.37 Å². The van der Waals surface area contributed by atoms with Crippen LogP contribution in [-0.4, -0.2) is 27.9 Å². The summed E-state index contributed by atoms with van der Waals surface area (Å²) in [6, 6.07) is 10.2. The van der Waals surface area contributed by atoms with Crippen LogP contribution in [-0.2, 0) is 4.79 Å². The fourth-order valence-corrected chi connectivity index (χ4v) is 2.14. The molecule has 2 amide bonds. The van der Waals surface area contributed by atoms with Gasteiger partial charge in [-0.05, 0) is 49.4 Å². The second-order valence-corrected chi connectivity index (χ2v) is 5.29. The van der Waals surface area contributed by atoms with Crippen molar-refractivity contribution in [3.05, 3.63) is 60.2 Å². The predicted molar refractivity (Wildman–Crippen MR) is 88.2 cm³/mol. The number of fused-ring (bicyclic) bond motifs is 1. The molecule has 1 heterocycles. The van der Waals surface area contributed by atoms with E-state index in [2.05, 4.69) is 20.8 Å². The lowest BCUT2D eigenvalue weighted by molar-refractivity contribution is -0.128. The quantitative estimate of drug-likeness (QED) is 0.631. The maximum absolute atomic E-state index is 12.8. The molecule has 0 aliphatic carbocycles. The largest absolute Gasteiger partial charge is 0.481 e. The summed E-state index contributed by atoms with van der Waals surface area (Å²) in [6.07, 6.45) is 0.656. The molecule has 0 spiro atoms. The molecule has 0 aliphatic rings. The van der Waals surface area contributed by atoms with Crippen LogP contribution in [0.1, 0.15) is 17.3 Å². The van der Waals surface area contributed by atoms with Crippen molar-refractivity contribution in [2.75, 3.05) is 0 Å². The summed E-state index contributed by atoms with van der Waals surface area (Å²) in [4.78, 5) is 31.0. The molecule has 3 rings (SSSR count). The molecule has 1 atom stereocenters. The van der Waals surface area contributed by atoms with Crippen molar-refractivity contribution in [3.63, 3.8) is 0 Å². The molecule has 3 N–H and O–H groups in total. The normalized spacial score (nSPS) is 11.8. The van der Waals surface area contributed by atoms with Crippen LogP contribution in [0.25, 0.3) is 11.0 Å². The number of carbonyl (C=O) groups is 2. The number of hydrazine groups is 1. The molecular formula is C17H15FN4O3. The first kappa shape index (κ1) is 16.4. The first-order valence-corrected chi connectivity index (χ1v) is 7.48. The van der Waals surface area contributed by atoms with Crippen molar-refractivity contribution in [2.24, 2.45) is 0 Å². The first-order valence-electron chi connectivity index (χ1n) is 7.48. The lowest BCUT2D eigenvalue weighted by Gasteiger charge is -2.15. The van der Waals surface area contributed by atoms with E-state index >= 15 is 0 Å². The van der Waals surface area contributed by atoms with Gasteiger partial charge in [0.25, 0.3) is 11.8 Å². The molecule has 3 aromatic rings. The Morgan fingerprint density at radius 1 is 1.16 bits per heavy atom. The summed E-state index contributed by atoms with van der Waals surface area (Å²) in [6.45, 7) is 1.52. The number of benzene rings is 2.